The van der Waals surface area contributed by atoms with Gasteiger partial charge in [-0.3, -0.25) is 4.57 Å². The maximum atomic E-state index is 12.9. The summed E-state index contributed by atoms with van der Waals surface area (Å²) in [5.74, 6) is -0.324. The normalized spacial score (nSPS) is 10.6. The molecule has 3 aromatic rings. The van der Waals surface area contributed by atoms with Crippen LogP contribution in [0.5, 0.6) is 0 Å². The number of rotatable bonds is 2. The molecule has 3 rings (SSSR count). The fourth-order valence-corrected chi connectivity index (χ4v) is 1.95. The molecule has 1 heterocycles. The highest BCUT2D eigenvalue weighted by Gasteiger charge is 2.06. The van der Waals surface area contributed by atoms with Gasteiger partial charge >= 0.3 is 5.69 Å². The first-order valence-electron chi connectivity index (χ1n) is 5.87. The Labute approximate surface area is 109 Å². The van der Waals surface area contributed by atoms with Crippen molar-refractivity contribution < 1.29 is 4.39 Å². The highest BCUT2D eigenvalue weighted by molar-refractivity contribution is 5.58. The largest absolute Gasteiger partial charge is 0.330 e. The Morgan fingerprint density at radius 2 is 1.63 bits per heavy atom. The van der Waals surface area contributed by atoms with Gasteiger partial charge in [0, 0.05) is 6.20 Å². The number of hydrogen-bond donors (Lipinski definition) is 1. The number of imidazole rings is 1. The lowest BCUT2D eigenvalue weighted by molar-refractivity contribution is 0.627. The van der Waals surface area contributed by atoms with Crippen molar-refractivity contribution in [2.24, 2.45) is 0 Å². The topological polar surface area (TPSA) is 37.8 Å². The number of aromatic nitrogens is 2. The van der Waals surface area contributed by atoms with Crippen molar-refractivity contribution in [2.75, 3.05) is 0 Å². The number of nitrogens with zero attached hydrogens (tertiary/aromatic N) is 1. The van der Waals surface area contributed by atoms with Crippen molar-refractivity contribution in [1.82, 2.24) is 9.55 Å². The van der Waals surface area contributed by atoms with Crippen molar-refractivity contribution in [3.8, 4) is 16.9 Å². The maximum Gasteiger partial charge on any atom is 0.330 e. The van der Waals surface area contributed by atoms with Crippen LogP contribution in [-0.4, -0.2) is 9.55 Å². The van der Waals surface area contributed by atoms with Crippen LogP contribution < -0.4 is 5.69 Å². The third-order valence-corrected chi connectivity index (χ3v) is 2.91. The second-order valence-corrected chi connectivity index (χ2v) is 4.19. The van der Waals surface area contributed by atoms with Gasteiger partial charge in [0.1, 0.15) is 5.82 Å². The maximum absolute atomic E-state index is 12.9. The average Bonchev–Trinajstić information content (AvgIpc) is 2.83. The molecule has 0 saturated heterocycles. The van der Waals surface area contributed by atoms with Gasteiger partial charge < -0.3 is 4.98 Å². The summed E-state index contributed by atoms with van der Waals surface area (Å²) >= 11 is 0. The molecule has 0 aliphatic carbocycles. The summed E-state index contributed by atoms with van der Waals surface area (Å²) in [7, 11) is 0. The molecule has 94 valence electrons. The van der Waals surface area contributed by atoms with Crippen LogP contribution in [-0.2, 0) is 0 Å². The molecule has 0 radical (unpaired) electrons. The van der Waals surface area contributed by atoms with E-state index in [0.717, 1.165) is 11.3 Å². The van der Waals surface area contributed by atoms with Crippen molar-refractivity contribution in [3.63, 3.8) is 0 Å². The Kier molecular flexibility index (Phi) is 2.76. The average molecular weight is 254 g/mol. The van der Waals surface area contributed by atoms with Crippen molar-refractivity contribution in [1.29, 1.82) is 0 Å². The number of aromatic amines is 1. The van der Waals surface area contributed by atoms with Gasteiger partial charge in [-0.25, -0.2) is 9.18 Å². The van der Waals surface area contributed by atoms with E-state index >= 15 is 0 Å². The molecule has 4 heteroatoms. The zero-order chi connectivity index (χ0) is 13.2. The molecule has 0 aliphatic heterocycles. The summed E-state index contributed by atoms with van der Waals surface area (Å²) in [6, 6.07) is 15.4. The molecule has 1 aromatic heterocycles. The lowest BCUT2D eigenvalue weighted by Gasteiger charge is -1.99. The van der Waals surface area contributed by atoms with E-state index in [4.69, 9.17) is 0 Å². The Morgan fingerprint density at radius 1 is 0.947 bits per heavy atom. The Balaban J connectivity index is 2.08. The molecule has 3 nitrogen and oxygen atoms in total. The quantitative estimate of drug-likeness (QED) is 0.750. The molecule has 1 N–H and O–H groups in total. The van der Waals surface area contributed by atoms with Crippen LogP contribution in [0.4, 0.5) is 4.39 Å². The number of benzene rings is 2. The minimum Gasteiger partial charge on any atom is -0.305 e. The van der Waals surface area contributed by atoms with Gasteiger partial charge in [-0.1, -0.05) is 30.3 Å². The van der Waals surface area contributed by atoms with Gasteiger partial charge in [-0.2, -0.15) is 0 Å². The van der Waals surface area contributed by atoms with Crippen LogP contribution >= 0.6 is 0 Å². The molecular weight excluding hydrogens is 243 g/mol. The highest BCUT2D eigenvalue weighted by atomic mass is 19.1. The number of nitrogens with one attached hydrogen (secondary N) is 1. The zero-order valence-electron chi connectivity index (χ0n) is 10.0. The molecule has 0 atom stereocenters. The van der Waals surface area contributed by atoms with Crippen molar-refractivity contribution >= 4 is 0 Å². The number of H-pyrrole nitrogens is 1. The number of hydrogen-bond acceptors (Lipinski definition) is 1. The summed E-state index contributed by atoms with van der Waals surface area (Å²) in [6.07, 6.45) is 1.71. The van der Waals surface area contributed by atoms with Crippen molar-refractivity contribution in [2.45, 2.75) is 0 Å². The van der Waals surface area contributed by atoms with Crippen LogP contribution in [0.25, 0.3) is 16.9 Å². The Morgan fingerprint density at radius 3 is 2.32 bits per heavy atom. The van der Waals surface area contributed by atoms with Gasteiger partial charge in [-0.15, -0.1) is 0 Å². The van der Waals surface area contributed by atoms with Gasteiger partial charge in [0.25, 0.3) is 0 Å². The first kappa shape index (κ1) is 11.5. The van der Waals surface area contributed by atoms with Gasteiger partial charge in [0.05, 0.1) is 11.4 Å². The molecule has 0 unspecified atom stereocenters. The molecule has 2 aromatic carbocycles. The van der Waals surface area contributed by atoms with Gasteiger partial charge in [-0.05, 0) is 29.8 Å². The predicted molar refractivity (Wildman–Crippen MR) is 71.8 cm³/mol. The summed E-state index contributed by atoms with van der Waals surface area (Å²) in [4.78, 5) is 14.7. The second kappa shape index (κ2) is 4.57. The first-order valence-corrected chi connectivity index (χ1v) is 5.87. The monoisotopic (exact) mass is 254 g/mol. The van der Waals surface area contributed by atoms with E-state index in [9.17, 15) is 9.18 Å². The van der Waals surface area contributed by atoms with Crippen LogP contribution in [0.3, 0.4) is 0 Å². The molecular formula is C15H11FN2O. The fourth-order valence-electron chi connectivity index (χ4n) is 1.95. The standard InChI is InChI=1S/C15H11FN2O/c16-12-6-8-13(9-7-12)18-10-14(17-15(18)19)11-4-2-1-3-5-11/h1-10H,(H,17,19). The predicted octanol–water partition coefficient (Wildman–Crippen LogP) is 2.97. The van der Waals surface area contributed by atoms with E-state index in [-0.39, 0.29) is 11.5 Å². The van der Waals surface area contributed by atoms with E-state index in [1.165, 1.54) is 16.7 Å². The first-order chi connectivity index (χ1) is 9.24. The summed E-state index contributed by atoms with van der Waals surface area (Å²) in [5.41, 5.74) is 2.05. The minimum atomic E-state index is -0.324. The molecule has 0 saturated carbocycles. The summed E-state index contributed by atoms with van der Waals surface area (Å²) in [5, 5.41) is 0. The molecule has 0 spiro atoms. The SMILES string of the molecule is O=c1[nH]c(-c2ccccc2)cn1-c1ccc(F)cc1. The lowest BCUT2D eigenvalue weighted by Crippen LogP contribution is -2.13. The van der Waals surface area contributed by atoms with Gasteiger partial charge in [0.15, 0.2) is 0 Å². The van der Waals surface area contributed by atoms with Crippen LogP contribution in [0.2, 0.25) is 0 Å². The molecule has 19 heavy (non-hydrogen) atoms. The molecule has 0 aliphatic rings. The third-order valence-electron chi connectivity index (χ3n) is 2.91. The minimum absolute atomic E-state index is 0.245. The smallest absolute Gasteiger partial charge is 0.305 e. The lowest BCUT2D eigenvalue weighted by atomic mass is 10.2. The van der Waals surface area contributed by atoms with E-state index in [0.29, 0.717) is 5.69 Å². The van der Waals surface area contributed by atoms with Crippen LogP contribution in [0.15, 0.2) is 65.6 Å². The van der Waals surface area contributed by atoms with Crippen LogP contribution in [0, 0.1) is 5.82 Å². The molecule has 0 amide bonds. The molecule has 0 bridgehead atoms. The summed E-state index contributed by atoms with van der Waals surface area (Å²) in [6.45, 7) is 0. The van der Waals surface area contributed by atoms with E-state index in [2.05, 4.69) is 4.98 Å². The van der Waals surface area contributed by atoms with Crippen molar-refractivity contribution in [3.05, 3.63) is 77.1 Å². The van der Waals surface area contributed by atoms with Crippen LogP contribution in [0.1, 0.15) is 0 Å². The second-order valence-electron chi connectivity index (χ2n) is 4.19. The zero-order valence-corrected chi connectivity index (χ0v) is 10.0. The van der Waals surface area contributed by atoms with Gasteiger partial charge in [0.2, 0.25) is 0 Å². The van der Waals surface area contributed by atoms with E-state index in [1.54, 1.807) is 18.3 Å². The Hall–Kier alpha value is -2.62. The highest BCUT2D eigenvalue weighted by Crippen LogP contribution is 2.16. The summed E-state index contributed by atoms with van der Waals surface area (Å²) < 4.78 is 14.3. The number of halogens is 1. The molecule has 0 fully saturated rings. The van der Waals surface area contributed by atoms with E-state index in [1.807, 2.05) is 30.3 Å². The van der Waals surface area contributed by atoms with E-state index < -0.39 is 0 Å². The Bertz CT molecular complexity index is 742. The fraction of sp³-hybridized carbons (Fsp3) is 0. The third kappa shape index (κ3) is 2.20.